The number of hydrogen-bond acceptors (Lipinski definition) is 2. The maximum atomic E-state index is 13.8. The zero-order valence-electron chi connectivity index (χ0n) is 14.6. The Hall–Kier alpha value is -2.41. The largest absolute Gasteiger partial charge is 0.366 e. The van der Waals surface area contributed by atoms with Crippen LogP contribution in [0.5, 0.6) is 0 Å². The highest BCUT2D eigenvalue weighted by molar-refractivity contribution is 9.10. The second kappa shape index (κ2) is 9.91. The Morgan fingerprint density at radius 2 is 2.04 bits per heavy atom. The van der Waals surface area contributed by atoms with Gasteiger partial charge in [0.05, 0.1) is 0 Å². The van der Waals surface area contributed by atoms with E-state index >= 15 is 0 Å². The van der Waals surface area contributed by atoms with Gasteiger partial charge in [-0.05, 0) is 48.2 Å². The molecule has 2 aromatic rings. The maximum Gasteiger partial charge on any atom is 0.248 e. The molecule has 0 atom stereocenters. The van der Waals surface area contributed by atoms with E-state index in [9.17, 15) is 9.18 Å². The normalized spacial score (nSPS) is 11.3. The van der Waals surface area contributed by atoms with E-state index in [1.807, 2.05) is 12.1 Å². The van der Waals surface area contributed by atoms with Gasteiger partial charge in [-0.2, -0.15) is 0 Å². The second-order valence-corrected chi connectivity index (χ2v) is 6.67. The number of carbonyl (C=O) groups excluding carboxylic acids is 1. The van der Waals surface area contributed by atoms with Gasteiger partial charge in [0.15, 0.2) is 5.96 Å². The highest BCUT2D eigenvalue weighted by atomic mass is 79.9. The summed E-state index contributed by atoms with van der Waals surface area (Å²) < 4.78 is 14.5. The van der Waals surface area contributed by atoms with Crippen molar-refractivity contribution >= 4 is 27.8 Å². The van der Waals surface area contributed by atoms with Gasteiger partial charge in [-0.25, -0.2) is 4.39 Å². The second-order valence-electron chi connectivity index (χ2n) is 5.76. The summed E-state index contributed by atoms with van der Waals surface area (Å²) in [5.41, 5.74) is 7.39. The molecule has 2 aromatic carbocycles. The van der Waals surface area contributed by atoms with Gasteiger partial charge in [-0.15, -0.1) is 0 Å². The van der Waals surface area contributed by atoms with E-state index in [1.54, 1.807) is 31.3 Å². The highest BCUT2D eigenvalue weighted by Gasteiger charge is 2.04. The predicted octanol–water partition coefficient (Wildman–Crippen LogP) is 2.98. The molecular formula is C19H22BrFN4O. The first-order valence-electron chi connectivity index (χ1n) is 8.27. The quantitative estimate of drug-likeness (QED) is 0.365. The number of hydrogen-bond donors (Lipinski definition) is 3. The molecule has 0 spiro atoms. The lowest BCUT2D eigenvalue weighted by molar-refractivity contribution is 0.1000. The Balaban J connectivity index is 1.77. The number of carbonyl (C=O) groups is 1. The zero-order chi connectivity index (χ0) is 18.9. The summed E-state index contributed by atoms with van der Waals surface area (Å²) >= 11 is 3.25. The van der Waals surface area contributed by atoms with Crippen molar-refractivity contribution in [2.75, 3.05) is 13.6 Å². The molecule has 0 radical (unpaired) electrons. The van der Waals surface area contributed by atoms with Crippen LogP contribution in [0.25, 0.3) is 0 Å². The number of nitrogens with two attached hydrogens (primary N) is 1. The fourth-order valence-electron chi connectivity index (χ4n) is 2.45. The number of guanidine groups is 1. The lowest BCUT2D eigenvalue weighted by atomic mass is 10.1. The van der Waals surface area contributed by atoms with Crippen molar-refractivity contribution < 1.29 is 9.18 Å². The summed E-state index contributed by atoms with van der Waals surface area (Å²) in [5, 5.41) is 6.37. The van der Waals surface area contributed by atoms with Crippen molar-refractivity contribution in [3.63, 3.8) is 0 Å². The van der Waals surface area contributed by atoms with Gasteiger partial charge >= 0.3 is 0 Å². The van der Waals surface area contributed by atoms with Crippen molar-refractivity contribution in [2.24, 2.45) is 10.7 Å². The lowest BCUT2D eigenvalue weighted by Crippen LogP contribution is -2.37. The van der Waals surface area contributed by atoms with Crippen molar-refractivity contribution in [3.05, 3.63) is 69.4 Å². The van der Waals surface area contributed by atoms with E-state index in [-0.39, 0.29) is 5.82 Å². The van der Waals surface area contributed by atoms with Gasteiger partial charge in [0, 0.05) is 30.2 Å². The summed E-state index contributed by atoms with van der Waals surface area (Å²) in [6, 6.07) is 12.2. The Labute approximate surface area is 161 Å². The van der Waals surface area contributed by atoms with Gasteiger partial charge in [0.2, 0.25) is 5.91 Å². The Kier molecular flexibility index (Phi) is 7.59. The van der Waals surface area contributed by atoms with E-state index in [0.717, 1.165) is 16.5 Å². The summed E-state index contributed by atoms with van der Waals surface area (Å²) in [4.78, 5) is 15.4. The van der Waals surface area contributed by atoms with E-state index in [4.69, 9.17) is 5.73 Å². The molecule has 26 heavy (non-hydrogen) atoms. The number of nitrogens with one attached hydrogen (secondary N) is 2. The van der Waals surface area contributed by atoms with E-state index in [1.165, 1.54) is 6.07 Å². The number of rotatable bonds is 7. The summed E-state index contributed by atoms with van der Waals surface area (Å²) in [6.07, 6.45) is 1.42. The van der Waals surface area contributed by atoms with E-state index in [0.29, 0.717) is 36.6 Å². The molecule has 0 bridgehead atoms. The van der Waals surface area contributed by atoms with E-state index in [2.05, 4.69) is 31.6 Å². The lowest BCUT2D eigenvalue weighted by Gasteiger charge is -2.12. The first-order valence-corrected chi connectivity index (χ1v) is 9.06. The molecule has 5 nitrogen and oxygen atoms in total. The van der Waals surface area contributed by atoms with Crippen LogP contribution in [0.1, 0.15) is 27.9 Å². The first kappa shape index (κ1) is 19.9. The molecule has 0 aromatic heterocycles. The molecule has 7 heteroatoms. The van der Waals surface area contributed by atoms with Crippen LogP contribution in [0.3, 0.4) is 0 Å². The fourth-order valence-corrected chi connectivity index (χ4v) is 2.78. The molecule has 0 aliphatic heterocycles. The summed E-state index contributed by atoms with van der Waals surface area (Å²) in [5.74, 6) is -0.00324. The first-order chi connectivity index (χ1) is 12.5. The number of primary amides is 1. The third kappa shape index (κ3) is 6.15. The number of nitrogens with zero attached hydrogens (tertiary/aromatic N) is 1. The van der Waals surface area contributed by atoms with E-state index < -0.39 is 5.91 Å². The van der Waals surface area contributed by atoms with Crippen molar-refractivity contribution in [1.29, 1.82) is 0 Å². The van der Waals surface area contributed by atoms with Gasteiger partial charge in [0.1, 0.15) is 5.82 Å². The van der Waals surface area contributed by atoms with Gasteiger partial charge in [-0.1, -0.05) is 34.1 Å². The van der Waals surface area contributed by atoms with Crippen LogP contribution in [0.4, 0.5) is 4.39 Å². The molecule has 0 saturated heterocycles. The number of benzene rings is 2. The number of amides is 1. The molecule has 1 amide bonds. The van der Waals surface area contributed by atoms with Crippen LogP contribution in [0.2, 0.25) is 0 Å². The zero-order valence-corrected chi connectivity index (χ0v) is 16.1. The Bertz CT molecular complexity index is 795. The Morgan fingerprint density at radius 1 is 1.23 bits per heavy atom. The molecule has 2 rings (SSSR count). The standard InChI is InChI=1S/C19H22BrFN4O/c1-23-19(25-12-13-4-2-5-15(10-13)18(22)26)24-9-3-6-14-7-8-16(20)11-17(14)21/h2,4-5,7-8,10-11H,3,6,9,12H2,1H3,(H2,22,26)(H2,23,24,25). The average Bonchev–Trinajstić information content (AvgIpc) is 2.62. The monoisotopic (exact) mass is 420 g/mol. The van der Waals surface area contributed by atoms with Crippen LogP contribution in [-0.2, 0) is 13.0 Å². The average molecular weight is 421 g/mol. The molecule has 0 unspecified atom stereocenters. The third-order valence-electron chi connectivity index (χ3n) is 3.83. The smallest absolute Gasteiger partial charge is 0.248 e. The van der Waals surface area contributed by atoms with Gasteiger partial charge in [-0.3, -0.25) is 9.79 Å². The molecule has 0 heterocycles. The molecule has 138 valence electrons. The molecule has 0 aliphatic rings. The summed E-state index contributed by atoms with van der Waals surface area (Å²) in [6.45, 7) is 1.18. The topological polar surface area (TPSA) is 79.5 Å². The van der Waals surface area contributed by atoms with Crippen molar-refractivity contribution in [2.45, 2.75) is 19.4 Å². The van der Waals surface area contributed by atoms with Crippen LogP contribution in [-0.4, -0.2) is 25.5 Å². The number of halogens is 2. The van der Waals surface area contributed by atoms with Crippen LogP contribution < -0.4 is 16.4 Å². The molecule has 0 fully saturated rings. The number of aryl methyl sites for hydroxylation is 1. The van der Waals surface area contributed by atoms with Gasteiger partial charge in [0.25, 0.3) is 0 Å². The molecule has 0 saturated carbocycles. The van der Waals surface area contributed by atoms with Crippen LogP contribution in [0, 0.1) is 5.82 Å². The van der Waals surface area contributed by atoms with Crippen molar-refractivity contribution in [1.82, 2.24) is 10.6 Å². The summed E-state index contributed by atoms with van der Waals surface area (Å²) in [7, 11) is 1.68. The predicted molar refractivity (Wildman–Crippen MR) is 106 cm³/mol. The third-order valence-corrected chi connectivity index (χ3v) is 4.32. The molecule has 4 N–H and O–H groups in total. The minimum Gasteiger partial charge on any atom is -0.366 e. The Morgan fingerprint density at radius 3 is 2.73 bits per heavy atom. The minimum atomic E-state index is -0.450. The van der Waals surface area contributed by atoms with Crippen LogP contribution in [0.15, 0.2) is 51.9 Å². The SMILES string of the molecule is CN=C(NCCCc1ccc(Br)cc1F)NCc1cccc(C(N)=O)c1. The highest BCUT2D eigenvalue weighted by Crippen LogP contribution is 2.16. The minimum absolute atomic E-state index is 0.198. The maximum absolute atomic E-state index is 13.8. The van der Waals surface area contributed by atoms with Gasteiger partial charge < -0.3 is 16.4 Å². The fraction of sp³-hybridized carbons (Fsp3) is 0.263. The molecular weight excluding hydrogens is 399 g/mol. The number of aliphatic imine (C=N–C) groups is 1. The molecule has 0 aliphatic carbocycles. The van der Waals surface area contributed by atoms with Crippen molar-refractivity contribution in [3.8, 4) is 0 Å². The van der Waals surface area contributed by atoms with Crippen LogP contribution >= 0.6 is 15.9 Å².